The van der Waals surface area contributed by atoms with Gasteiger partial charge in [0.1, 0.15) is 11.6 Å². The van der Waals surface area contributed by atoms with Gasteiger partial charge >= 0.3 is 6.55 Å². The Morgan fingerprint density at radius 2 is 2.26 bits per heavy atom. The van der Waals surface area contributed by atoms with Crippen LogP contribution in [0.4, 0.5) is 14.5 Å². The van der Waals surface area contributed by atoms with Crippen molar-refractivity contribution in [2.45, 2.75) is 13.1 Å². The van der Waals surface area contributed by atoms with Crippen LogP contribution in [0.3, 0.4) is 0 Å². The van der Waals surface area contributed by atoms with Crippen LogP contribution in [0.5, 0.6) is 5.75 Å². The molecule has 102 valence electrons. The summed E-state index contributed by atoms with van der Waals surface area (Å²) in [4.78, 5) is 3.87. The predicted molar refractivity (Wildman–Crippen MR) is 68.8 cm³/mol. The van der Waals surface area contributed by atoms with E-state index in [2.05, 4.69) is 10.3 Å². The van der Waals surface area contributed by atoms with Gasteiger partial charge in [-0.3, -0.25) is 4.57 Å². The van der Waals surface area contributed by atoms with Gasteiger partial charge in [-0.2, -0.15) is 8.78 Å². The van der Waals surface area contributed by atoms with Crippen LogP contribution in [0.25, 0.3) is 0 Å². The van der Waals surface area contributed by atoms with Crippen LogP contribution in [0, 0.1) is 0 Å². The van der Waals surface area contributed by atoms with Crippen molar-refractivity contribution in [1.29, 1.82) is 0 Å². The molecule has 2 aromatic rings. The van der Waals surface area contributed by atoms with Gasteiger partial charge in [-0.1, -0.05) is 11.6 Å². The Morgan fingerprint density at radius 1 is 1.47 bits per heavy atom. The predicted octanol–water partition coefficient (Wildman–Crippen LogP) is 3.55. The first-order chi connectivity index (χ1) is 9.11. The Kier molecular flexibility index (Phi) is 4.21. The van der Waals surface area contributed by atoms with Crippen molar-refractivity contribution in [2.75, 3.05) is 12.4 Å². The minimum absolute atomic E-state index is 0.181. The molecule has 0 atom stereocenters. The molecule has 1 N–H and O–H groups in total. The maximum atomic E-state index is 12.6. The lowest BCUT2D eigenvalue weighted by Crippen LogP contribution is -2.09. The molecule has 0 aliphatic rings. The van der Waals surface area contributed by atoms with Crippen LogP contribution >= 0.6 is 11.6 Å². The van der Waals surface area contributed by atoms with Crippen LogP contribution < -0.4 is 10.1 Å². The Morgan fingerprint density at radius 3 is 2.89 bits per heavy atom. The van der Waals surface area contributed by atoms with E-state index in [-0.39, 0.29) is 12.4 Å². The van der Waals surface area contributed by atoms with Crippen molar-refractivity contribution < 1.29 is 13.5 Å². The molecule has 1 heterocycles. The lowest BCUT2D eigenvalue weighted by Gasteiger charge is -2.10. The number of aromatic nitrogens is 2. The Bertz CT molecular complexity index is 560. The van der Waals surface area contributed by atoms with Crippen molar-refractivity contribution in [1.82, 2.24) is 9.55 Å². The molecule has 0 amide bonds. The fourth-order valence-corrected chi connectivity index (χ4v) is 1.87. The van der Waals surface area contributed by atoms with Crippen LogP contribution in [-0.2, 0) is 6.54 Å². The fraction of sp³-hybridized carbons (Fsp3) is 0.250. The molecule has 0 aliphatic carbocycles. The average molecular weight is 288 g/mol. The smallest absolute Gasteiger partial charge is 0.319 e. The highest BCUT2D eigenvalue weighted by atomic mass is 35.5. The third-order valence-electron chi connectivity index (χ3n) is 2.56. The van der Waals surface area contributed by atoms with E-state index in [1.807, 2.05) is 0 Å². The monoisotopic (exact) mass is 287 g/mol. The lowest BCUT2D eigenvalue weighted by molar-refractivity contribution is 0.0673. The van der Waals surface area contributed by atoms with Gasteiger partial charge in [-0.25, -0.2) is 4.98 Å². The number of benzene rings is 1. The minimum Gasteiger partial charge on any atom is -0.495 e. The third-order valence-corrected chi connectivity index (χ3v) is 2.86. The molecule has 4 nitrogen and oxygen atoms in total. The molecular weight excluding hydrogens is 276 g/mol. The van der Waals surface area contributed by atoms with Crippen molar-refractivity contribution in [3.05, 3.63) is 41.4 Å². The van der Waals surface area contributed by atoms with E-state index < -0.39 is 6.55 Å². The van der Waals surface area contributed by atoms with Gasteiger partial charge in [0, 0.05) is 18.1 Å². The number of hydrogen-bond donors (Lipinski definition) is 1. The van der Waals surface area contributed by atoms with Crippen molar-refractivity contribution >= 4 is 17.3 Å². The zero-order valence-electron chi connectivity index (χ0n) is 10.1. The average Bonchev–Trinajstić information content (AvgIpc) is 2.85. The van der Waals surface area contributed by atoms with Crippen molar-refractivity contribution in [3.8, 4) is 5.75 Å². The summed E-state index contributed by atoms with van der Waals surface area (Å²) in [6.45, 7) is -2.42. The van der Waals surface area contributed by atoms with Gasteiger partial charge < -0.3 is 10.1 Å². The maximum absolute atomic E-state index is 12.6. The summed E-state index contributed by atoms with van der Waals surface area (Å²) in [5.41, 5.74) is 0.703. The van der Waals surface area contributed by atoms with Crippen LogP contribution in [0.1, 0.15) is 12.4 Å². The molecule has 0 aliphatic heterocycles. The summed E-state index contributed by atoms with van der Waals surface area (Å²) in [6, 6.07) is 5.11. The summed E-state index contributed by atoms with van der Waals surface area (Å²) in [5.74, 6) is 0.809. The summed E-state index contributed by atoms with van der Waals surface area (Å²) >= 11 is 5.97. The van der Waals surface area contributed by atoms with E-state index in [1.54, 1.807) is 18.2 Å². The SMILES string of the molecule is COc1ccc(NCc2nccn2C(F)F)cc1Cl. The number of imidazole rings is 1. The zero-order valence-corrected chi connectivity index (χ0v) is 10.9. The quantitative estimate of drug-likeness (QED) is 0.914. The molecule has 19 heavy (non-hydrogen) atoms. The number of nitrogens with one attached hydrogen (secondary N) is 1. The fourth-order valence-electron chi connectivity index (χ4n) is 1.62. The van der Waals surface area contributed by atoms with E-state index in [0.717, 1.165) is 4.57 Å². The highest BCUT2D eigenvalue weighted by Gasteiger charge is 2.11. The number of nitrogens with zero attached hydrogens (tertiary/aromatic N) is 2. The molecular formula is C12H12ClF2N3O. The summed E-state index contributed by atoms with van der Waals surface area (Å²) in [6.07, 6.45) is 2.58. The van der Waals surface area contributed by atoms with Crippen LogP contribution in [0.15, 0.2) is 30.6 Å². The molecule has 0 saturated carbocycles. The number of alkyl halides is 2. The van der Waals surface area contributed by atoms with Gasteiger partial charge in [0.15, 0.2) is 0 Å². The topological polar surface area (TPSA) is 39.1 Å². The first-order valence-corrected chi connectivity index (χ1v) is 5.87. The van der Waals surface area contributed by atoms with Gasteiger partial charge in [0.05, 0.1) is 18.7 Å². The first-order valence-electron chi connectivity index (χ1n) is 5.49. The second-order valence-electron chi connectivity index (χ2n) is 3.73. The molecule has 0 saturated heterocycles. The second kappa shape index (κ2) is 5.88. The molecule has 0 unspecified atom stereocenters. The number of halogens is 3. The minimum atomic E-state index is -2.60. The lowest BCUT2D eigenvalue weighted by atomic mass is 10.3. The Labute approximate surface area is 114 Å². The van der Waals surface area contributed by atoms with E-state index in [4.69, 9.17) is 16.3 Å². The molecule has 0 fully saturated rings. The van der Waals surface area contributed by atoms with Crippen molar-refractivity contribution in [3.63, 3.8) is 0 Å². The van der Waals surface area contributed by atoms with E-state index in [9.17, 15) is 8.78 Å². The van der Waals surface area contributed by atoms with Gasteiger partial charge in [0.25, 0.3) is 0 Å². The van der Waals surface area contributed by atoms with E-state index in [1.165, 1.54) is 19.5 Å². The molecule has 1 aromatic carbocycles. The largest absolute Gasteiger partial charge is 0.495 e. The van der Waals surface area contributed by atoms with Gasteiger partial charge in [0.2, 0.25) is 0 Å². The molecule has 0 bridgehead atoms. The Hall–Kier alpha value is -1.82. The number of ether oxygens (including phenoxy) is 1. The number of hydrogen-bond acceptors (Lipinski definition) is 3. The molecule has 0 radical (unpaired) electrons. The number of anilines is 1. The first kappa shape index (κ1) is 13.6. The van der Waals surface area contributed by atoms with Crippen LogP contribution in [0.2, 0.25) is 5.02 Å². The highest BCUT2D eigenvalue weighted by Crippen LogP contribution is 2.27. The highest BCUT2D eigenvalue weighted by molar-refractivity contribution is 6.32. The van der Waals surface area contributed by atoms with E-state index in [0.29, 0.717) is 16.5 Å². The summed E-state index contributed by atoms with van der Waals surface area (Å²) in [7, 11) is 1.52. The van der Waals surface area contributed by atoms with Gasteiger partial charge in [-0.05, 0) is 18.2 Å². The molecule has 1 aromatic heterocycles. The summed E-state index contributed by atoms with van der Waals surface area (Å²) in [5, 5.41) is 3.43. The normalized spacial score (nSPS) is 10.8. The summed E-state index contributed by atoms with van der Waals surface area (Å²) < 4.78 is 31.0. The Balaban J connectivity index is 2.06. The number of methoxy groups -OCH3 is 1. The maximum Gasteiger partial charge on any atom is 0.319 e. The van der Waals surface area contributed by atoms with Crippen molar-refractivity contribution in [2.24, 2.45) is 0 Å². The second-order valence-corrected chi connectivity index (χ2v) is 4.14. The zero-order chi connectivity index (χ0) is 13.8. The molecule has 0 spiro atoms. The van der Waals surface area contributed by atoms with Crippen LogP contribution in [-0.4, -0.2) is 16.7 Å². The van der Waals surface area contributed by atoms with E-state index >= 15 is 0 Å². The molecule has 7 heteroatoms. The third kappa shape index (κ3) is 3.14. The van der Waals surface area contributed by atoms with Gasteiger partial charge in [-0.15, -0.1) is 0 Å². The molecule has 2 rings (SSSR count). The standard InChI is InChI=1S/C12H12ClF2N3O/c1-19-10-3-2-8(6-9(10)13)17-7-11-16-4-5-18(11)12(14)15/h2-6,12,17H,7H2,1H3. The number of rotatable bonds is 5.